The second-order valence-electron chi connectivity index (χ2n) is 23.4. The van der Waals surface area contributed by atoms with E-state index in [0.29, 0.717) is 27.7 Å². The molecule has 82 heavy (non-hydrogen) atoms. The Morgan fingerprint density at radius 2 is 0.683 bits per heavy atom. The van der Waals surface area contributed by atoms with Gasteiger partial charge in [-0.3, -0.25) is 4.79 Å². The van der Waals surface area contributed by atoms with Crippen LogP contribution in [0.25, 0.3) is 0 Å². The zero-order valence-electron chi connectivity index (χ0n) is 49.5. The number of benzene rings is 6. The first-order valence-electron chi connectivity index (χ1n) is 30.8. The molecule has 1 amide bonds. The molecule has 4 aliphatic heterocycles. The van der Waals surface area contributed by atoms with Crippen LogP contribution in [-0.2, 0) is 15.9 Å². The minimum atomic E-state index is -3.43. The number of ether oxygens (including phenoxy) is 8. The van der Waals surface area contributed by atoms with E-state index in [4.69, 9.17) is 37.9 Å². The van der Waals surface area contributed by atoms with E-state index in [2.05, 4.69) is 78.0 Å². The van der Waals surface area contributed by atoms with Crippen LogP contribution in [0.15, 0.2) is 84.9 Å². The van der Waals surface area contributed by atoms with Gasteiger partial charge in [0.1, 0.15) is 46.0 Å². The molecule has 4 atom stereocenters. The Morgan fingerprint density at radius 1 is 0.415 bits per heavy atom. The predicted molar refractivity (Wildman–Crippen MR) is 325 cm³/mol. The van der Waals surface area contributed by atoms with Crippen molar-refractivity contribution in [3.63, 3.8) is 0 Å². The minimum Gasteiger partial charge on any atom is -0.457 e. The van der Waals surface area contributed by atoms with Crippen LogP contribution in [0.1, 0.15) is 221 Å². The smallest absolute Gasteiger partial charge is 0.230 e. The first-order chi connectivity index (χ1) is 40.1. The summed E-state index contributed by atoms with van der Waals surface area (Å²) in [7, 11) is -3.43. The van der Waals surface area contributed by atoms with Crippen molar-refractivity contribution in [1.82, 2.24) is 5.32 Å². The summed E-state index contributed by atoms with van der Waals surface area (Å²) in [6.45, 7) is 15.3. The van der Waals surface area contributed by atoms with Crippen molar-refractivity contribution in [3.8, 4) is 46.0 Å². The number of unbranched alkanes of at least 4 members (excludes halogenated alkanes) is 8. The SMILES string of the molecule is CCCCCC1c2cc3c4c(C)c2OCOc2c1cc1c(c2C)OCOc2c(cc5c(c2CNC(=O)CP(=O)(c2ccccc2)c2ccccc2)OCOc2c(cc(c(c2C)OCO4)C3CCCCC)C5CCCCC)C1CCCCC. The lowest BCUT2D eigenvalue weighted by atomic mass is 9.74. The zero-order chi connectivity index (χ0) is 56.9. The maximum absolute atomic E-state index is 15.5. The van der Waals surface area contributed by atoms with Crippen molar-refractivity contribution in [1.29, 1.82) is 0 Å². The molecule has 1 N–H and O–H groups in total. The van der Waals surface area contributed by atoms with Crippen LogP contribution < -0.4 is 53.8 Å². The van der Waals surface area contributed by atoms with Gasteiger partial charge in [-0.05, 0) is 70.7 Å². The van der Waals surface area contributed by atoms with Gasteiger partial charge in [-0.2, -0.15) is 0 Å². The Hall–Kier alpha value is -6.58. The van der Waals surface area contributed by atoms with E-state index >= 15 is 4.57 Å². The molecule has 6 aromatic rings. The molecule has 0 aromatic heterocycles. The van der Waals surface area contributed by atoms with E-state index in [9.17, 15) is 4.79 Å². The third-order valence-corrected chi connectivity index (χ3v) is 21.1. The van der Waals surface area contributed by atoms with Gasteiger partial charge in [0.15, 0.2) is 7.14 Å². The summed E-state index contributed by atoms with van der Waals surface area (Å²) in [6.07, 6.45) is 15.7. The fraction of sp³-hybridized carbons (Fsp3) is 0.471. The third-order valence-electron chi connectivity index (χ3n) is 18.1. The Bertz CT molecular complexity index is 3120. The molecule has 0 saturated carbocycles. The van der Waals surface area contributed by atoms with Crippen molar-refractivity contribution >= 4 is 23.7 Å². The molecular formula is C70H84NO10P. The average molecular weight is 1130 g/mol. The highest BCUT2D eigenvalue weighted by molar-refractivity contribution is 7.79. The monoisotopic (exact) mass is 1130 g/mol. The lowest BCUT2D eigenvalue weighted by Gasteiger charge is -2.37. The van der Waals surface area contributed by atoms with E-state index in [1.54, 1.807) is 0 Å². The van der Waals surface area contributed by atoms with Crippen molar-refractivity contribution in [2.75, 3.05) is 33.3 Å². The lowest BCUT2D eigenvalue weighted by molar-refractivity contribution is -0.118. The fourth-order valence-electron chi connectivity index (χ4n) is 14.0. The molecule has 12 heteroatoms. The Kier molecular flexibility index (Phi) is 17.8. The first kappa shape index (κ1) is 57.2. The van der Waals surface area contributed by atoms with Gasteiger partial charge in [0, 0.05) is 95.5 Å². The number of carbonyl (C=O) groups is 1. The summed E-state index contributed by atoms with van der Waals surface area (Å²) >= 11 is 0. The third kappa shape index (κ3) is 11.0. The molecule has 1 aliphatic carbocycles. The highest BCUT2D eigenvalue weighted by Gasteiger charge is 2.41. The number of nitrogens with one attached hydrogen (secondary N) is 1. The number of amides is 1. The minimum absolute atomic E-state index is 0.0115. The van der Waals surface area contributed by atoms with Gasteiger partial charge in [0.25, 0.3) is 0 Å². The van der Waals surface area contributed by atoms with Crippen LogP contribution in [0.5, 0.6) is 46.0 Å². The van der Waals surface area contributed by atoms with Gasteiger partial charge in [0.05, 0.1) is 18.3 Å². The van der Waals surface area contributed by atoms with E-state index < -0.39 is 7.14 Å². The average Bonchev–Trinajstić information content (AvgIpc) is 1.92. The molecule has 11 rings (SSSR count). The summed E-state index contributed by atoms with van der Waals surface area (Å²) in [5.74, 6) is 5.07. The second-order valence-corrected chi connectivity index (χ2v) is 26.2. The topological polar surface area (TPSA) is 120 Å². The van der Waals surface area contributed by atoms with Crippen molar-refractivity contribution in [2.45, 2.75) is 181 Å². The largest absolute Gasteiger partial charge is 0.457 e. The van der Waals surface area contributed by atoms with E-state index in [0.717, 1.165) is 198 Å². The molecule has 11 nitrogen and oxygen atoms in total. The molecule has 434 valence electrons. The molecule has 5 aliphatic rings. The summed E-state index contributed by atoms with van der Waals surface area (Å²) < 4.78 is 71.0. The molecule has 0 spiro atoms. The van der Waals surface area contributed by atoms with Crippen LogP contribution in [0.3, 0.4) is 0 Å². The summed E-state index contributed by atoms with van der Waals surface area (Å²) in [6, 6.07) is 28.5. The van der Waals surface area contributed by atoms with Gasteiger partial charge in [-0.1, -0.05) is 165 Å². The number of carbonyl (C=O) groups excluding carboxylic acids is 1. The summed E-state index contributed by atoms with van der Waals surface area (Å²) in [5, 5.41) is 4.59. The molecule has 4 unspecified atom stereocenters. The number of rotatable bonds is 22. The van der Waals surface area contributed by atoms with Crippen LogP contribution in [0.2, 0.25) is 0 Å². The maximum atomic E-state index is 15.5. The van der Waals surface area contributed by atoms with Gasteiger partial charge in [-0.15, -0.1) is 0 Å². The fourth-order valence-corrected chi connectivity index (χ4v) is 16.5. The Balaban J connectivity index is 1.21. The molecule has 0 fully saturated rings. The van der Waals surface area contributed by atoms with Crippen LogP contribution in [-0.4, -0.2) is 39.2 Å². The zero-order valence-corrected chi connectivity index (χ0v) is 50.4. The van der Waals surface area contributed by atoms with Gasteiger partial charge < -0.3 is 47.8 Å². The highest BCUT2D eigenvalue weighted by atomic mass is 31.2. The van der Waals surface area contributed by atoms with Crippen LogP contribution in [0.4, 0.5) is 0 Å². The summed E-state index contributed by atoms with van der Waals surface area (Å²) in [5.41, 5.74) is 12.3. The lowest BCUT2D eigenvalue weighted by Crippen LogP contribution is -2.32. The Morgan fingerprint density at radius 3 is 0.963 bits per heavy atom. The number of hydrogen-bond acceptors (Lipinski definition) is 10. The molecule has 0 radical (unpaired) electrons. The quantitative estimate of drug-likeness (QED) is 0.0520. The molecule has 8 bridgehead atoms. The molecular weight excluding hydrogens is 1050 g/mol. The molecule has 4 heterocycles. The Labute approximate surface area is 486 Å². The van der Waals surface area contributed by atoms with Crippen LogP contribution >= 0.6 is 7.14 Å². The van der Waals surface area contributed by atoms with E-state index in [1.165, 1.54) is 0 Å². The van der Waals surface area contributed by atoms with Gasteiger partial charge in [-0.25, -0.2) is 0 Å². The van der Waals surface area contributed by atoms with Gasteiger partial charge in [0.2, 0.25) is 33.1 Å². The second kappa shape index (κ2) is 25.5. The first-order valence-corrected chi connectivity index (χ1v) is 32.7. The van der Waals surface area contributed by atoms with Crippen molar-refractivity contribution in [2.24, 2.45) is 0 Å². The summed E-state index contributed by atoms with van der Waals surface area (Å²) in [4.78, 5) is 14.9. The number of hydrogen-bond donors (Lipinski definition) is 1. The molecule has 0 saturated heterocycles. The van der Waals surface area contributed by atoms with Gasteiger partial charge >= 0.3 is 0 Å². The van der Waals surface area contributed by atoms with E-state index in [-0.39, 0.29) is 69.5 Å². The standard InChI is InChI=1S/C70H84NO10P/c1-8-12-18-30-49-53-34-54-50(31-19-13-9-2)56-36-58-52(33-21-15-11-4)60-37-59-51(32-20-14-10-3)57-35-55(49)65-45(6)67(57)78-42-80-69(59)61(38-71-62(72)39-82(73,47-26-22-16-23-27-47)48-28-24-17-25-29-48)70(60)81-43-79-68(58)46(7)66(56)77-41-75-64(54)44(5)63(53)74-40-76-65/h16-17,22-29,34-37,49-52H,8-15,18-21,30-33,38-43H2,1-7H3,(H,71,72). The maximum Gasteiger partial charge on any atom is 0.230 e. The van der Waals surface area contributed by atoms with E-state index in [1.807, 2.05) is 60.7 Å². The molecule has 6 aromatic carbocycles. The predicted octanol–water partition coefficient (Wildman–Crippen LogP) is 16.3. The highest BCUT2D eigenvalue weighted by Crippen LogP contribution is 2.58. The van der Waals surface area contributed by atoms with Crippen LogP contribution in [0, 0.1) is 20.8 Å². The van der Waals surface area contributed by atoms with Crippen molar-refractivity contribution < 1.29 is 47.3 Å². The van der Waals surface area contributed by atoms with Crippen molar-refractivity contribution in [3.05, 3.63) is 152 Å². The normalized spacial score (nSPS) is 18.0.